The molecule has 1 aromatic rings. The Labute approximate surface area is 155 Å². The number of fused-ring (bicyclic) bond motifs is 1. The number of rotatable bonds is 3. The van der Waals surface area contributed by atoms with Crippen LogP contribution in [0.1, 0.15) is 17.3 Å². The average molecular weight is 429 g/mol. The Hall–Kier alpha value is -2.06. The fourth-order valence-electron chi connectivity index (χ4n) is 2.87. The van der Waals surface area contributed by atoms with Gasteiger partial charge < -0.3 is 0 Å². The lowest BCUT2D eigenvalue weighted by atomic mass is 9.86. The molecule has 130 valence electrons. The summed E-state index contributed by atoms with van der Waals surface area (Å²) in [5.74, 6) is -1.71. The van der Waals surface area contributed by atoms with Gasteiger partial charge in [0.05, 0.1) is 32.1 Å². The first-order chi connectivity index (χ1) is 11.7. The van der Waals surface area contributed by atoms with Crippen LogP contribution < -0.4 is 0 Å². The highest BCUT2D eigenvalue weighted by molar-refractivity contribution is 9.12. The van der Waals surface area contributed by atoms with E-state index in [-0.39, 0.29) is 38.3 Å². The van der Waals surface area contributed by atoms with E-state index in [9.17, 15) is 19.3 Å². The van der Waals surface area contributed by atoms with E-state index in [1.807, 2.05) is 6.92 Å². The Bertz CT molecular complexity index is 897. The van der Waals surface area contributed by atoms with Crippen molar-refractivity contribution >= 4 is 39.0 Å². The molecule has 2 unspecified atom stereocenters. The van der Waals surface area contributed by atoms with Gasteiger partial charge in [-0.2, -0.15) is 5.10 Å². The van der Waals surface area contributed by atoms with E-state index in [1.54, 1.807) is 12.1 Å². The minimum Gasteiger partial charge on any atom is -0.296 e. The van der Waals surface area contributed by atoms with Crippen molar-refractivity contribution in [1.82, 2.24) is 5.01 Å². The molecule has 0 fully saturated rings. The maximum atomic E-state index is 13.5. The molecule has 0 aromatic heterocycles. The predicted molar refractivity (Wildman–Crippen MR) is 94.9 cm³/mol. The molecule has 0 radical (unpaired) electrons. The number of hydrazone groups is 1. The number of carbonyl (C=O) groups excluding carboxylic acids is 1. The second kappa shape index (κ2) is 6.34. The van der Waals surface area contributed by atoms with Gasteiger partial charge in [0, 0.05) is 18.7 Å². The zero-order valence-electron chi connectivity index (χ0n) is 13.2. The number of hydrogen-bond donors (Lipinski definition) is 0. The summed E-state index contributed by atoms with van der Waals surface area (Å²) in [7, 11) is 1.75. The summed E-state index contributed by atoms with van der Waals surface area (Å²) in [6.45, 7) is 1.88. The summed E-state index contributed by atoms with van der Waals surface area (Å²) < 4.78 is 13.8. The van der Waals surface area contributed by atoms with Gasteiger partial charge in [0.1, 0.15) is 11.4 Å². The number of nitrogens with zero attached hydrogens (tertiary/aromatic N) is 3. The van der Waals surface area contributed by atoms with Gasteiger partial charge >= 0.3 is 0 Å². The van der Waals surface area contributed by atoms with Gasteiger partial charge in [0.25, 0.3) is 5.70 Å². The summed E-state index contributed by atoms with van der Waals surface area (Å²) in [6, 6.07) is 3.23. The third kappa shape index (κ3) is 2.89. The molecule has 0 saturated carbocycles. The van der Waals surface area contributed by atoms with E-state index in [4.69, 9.17) is 11.6 Å². The quantitative estimate of drug-likeness (QED) is 0.417. The first kappa shape index (κ1) is 17.8. The molecular formula is C16H12BrClFN3O3. The van der Waals surface area contributed by atoms with Crippen LogP contribution in [0.3, 0.4) is 0 Å². The largest absolute Gasteiger partial charge is 0.296 e. The zero-order valence-corrected chi connectivity index (χ0v) is 15.5. The predicted octanol–water partition coefficient (Wildman–Crippen LogP) is 3.79. The van der Waals surface area contributed by atoms with E-state index >= 15 is 0 Å². The first-order valence-corrected chi connectivity index (χ1v) is 8.47. The van der Waals surface area contributed by atoms with Crippen LogP contribution in [0.4, 0.5) is 4.39 Å². The number of carbonyl (C=O) groups is 1. The number of benzene rings is 1. The Balaban J connectivity index is 2.18. The fraction of sp³-hybridized carbons (Fsp3) is 0.250. The molecule has 25 heavy (non-hydrogen) atoms. The lowest BCUT2D eigenvalue weighted by molar-refractivity contribution is -0.420. The highest BCUT2D eigenvalue weighted by atomic mass is 79.9. The summed E-state index contributed by atoms with van der Waals surface area (Å²) in [5.41, 5.74) is -0.144. The second-order valence-corrected chi connectivity index (χ2v) is 6.98. The van der Waals surface area contributed by atoms with Crippen molar-refractivity contribution in [2.24, 2.45) is 11.0 Å². The molecule has 0 saturated heterocycles. The van der Waals surface area contributed by atoms with Gasteiger partial charge in [-0.15, -0.1) is 0 Å². The van der Waals surface area contributed by atoms with Gasteiger partial charge in [0.15, 0.2) is 0 Å². The van der Waals surface area contributed by atoms with E-state index in [1.165, 1.54) is 12.1 Å². The third-order valence-electron chi connectivity index (χ3n) is 4.33. The van der Waals surface area contributed by atoms with Gasteiger partial charge in [-0.3, -0.25) is 19.9 Å². The highest BCUT2D eigenvalue weighted by Gasteiger charge is 2.43. The molecule has 0 bridgehead atoms. The summed E-state index contributed by atoms with van der Waals surface area (Å²) in [6.07, 6.45) is 1.41. The second-order valence-electron chi connectivity index (χ2n) is 5.78. The van der Waals surface area contributed by atoms with Crippen molar-refractivity contribution in [3.8, 4) is 0 Å². The summed E-state index contributed by atoms with van der Waals surface area (Å²) in [4.78, 5) is 23.8. The molecule has 1 aromatic carbocycles. The van der Waals surface area contributed by atoms with E-state index in [0.29, 0.717) is 5.71 Å². The van der Waals surface area contributed by atoms with Crippen molar-refractivity contribution < 1.29 is 14.1 Å². The Kier molecular flexibility index (Phi) is 4.51. The van der Waals surface area contributed by atoms with Gasteiger partial charge in [-0.1, -0.05) is 11.6 Å². The fourth-order valence-corrected chi connectivity index (χ4v) is 3.80. The van der Waals surface area contributed by atoms with Crippen molar-refractivity contribution in [3.05, 3.63) is 66.5 Å². The molecule has 3 rings (SSSR count). The molecule has 6 nitrogen and oxygen atoms in total. The zero-order chi connectivity index (χ0) is 18.5. The molecule has 2 atom stereocenters. The normalized spacial score (nSPS) is 22.5. The van der Waals surface area contributed by atoms with E-state index in [2.05, 4.69) is 21.0 Å². The van der Waals surface area contributed by atoms with Crippen molar-refractivity contribution in [2.45, 2.75) is 13.0 Å². The first-order valence-electron chi connectivity index (χ1n) is 7.30. The van der Waals surface area contributed by atoms with Crippen molar-refractivity contribution in [1.29, 1.82) is 0 Å². The van der Waals surface area contributed by atoms with Crippen LogP contribution in [0.5, 0.6) is 0 Å². The standard InChI is InChI=1S/C16H12BrClFN3O3/c1-7-9-6-12(22(24)25)13(14(17)15(9)20-21(7)2)16(23)10-5-8(19)3-4-11(10)18/h3-7,9H,1-2H3. The molecule has 0 amide bonds. The molecular weight excluding hydrogens is 417 g/mol. The number of halogens is 3. The molecule has 0 spiro atoms. The third-order valence-corrected chi connectivity index (χ3v) is 5.46. The number of Topliss-reactive ketones (excluding diaryl/α,β-unsaturated/α-hetero) is 1. The van der Waals surface area contributed by atoms with Crippen LogP contribution >= 0.6 is 27.5 Å². The summed E-state index contributed by atoms with van der Waals surface area (Å²) in [5, 5.41) is 17.6. The molecule has 1 aliphatic heterocycles. The molecule has 1 aliphatic carbocycles. The van der Waals surface area contributed by atoms with E-state index in [0.717, 1.165) is 12.1 Å². The monoisotopic (exact) mass is 427 g/mol. The summed E-state index contributed by atoms with van der Waals surface area (Å²) >= 11 is 9.28. The topological polar surface area (TPSA) is 75.8 Å². The Morgan fingerprint density at radius 2 is 2.16 bits per heavy atom. The van der Waals surface area contributed by atoms with Crippen LogP contribution in [0.15, 0.2) is 45.1 Å². The molecule has 9 heteroatoms. The average Bonchev–Trinajstić information content (AvgIpc) is 2.84. The van der Waals surface area contributed by atoms with Crippen molar-refractivity contribution in [2.75, 3.05) is 7.05 Å². The van der Waals surface area contributed by atoms with Crippen LogP contribution in [-0.2, 0) is 0 Å². The van der Waals surface area contributed by atoms with Gasteiger partial charge in [0.2, 0.25) is 5.78 Å². The minimum absolute atomic E-state index is 0.0165. The molecule has 1 heterocycles. The number of ketones is 1. The Morgan fingerprint density at radius 3 is 2.80 bits per heavy atom. The number of nitro groups is 1. The highest BCUT2D eigenvalue weighted by Crippen LogP contribution is 2.39. The maximum Gasteiger partial charge on any atom is 0.278 e. The van der Waals surface area contributed by atoms with Crippen LogP contribution in [0.2, 0.25) is 5.02 Å². The smallest absolute Gasteiger partial charge is 0.278 e. The van der Waals surface area contributed by atoms with Crippen LogP contribution in [-0.4, -0.2) is 34.5 Å². The lowest BCUT2D eigenvalue weighted by Crippen LogP contribution is -2.31. The maximum absolute atomic E-state index is 13.5. The molecule has 0 N–H and O–H groups in total. The van der Waals surface area contributed by atoms with Crippen molar-refractivity contribution in [3.63, 3.8) is 0 Å². The van der Waals surface area contributed by atoms with Gasteiger partial charge in [-0.25, -0.2) is 4.39 Å². The van der Waals surface area contributed by atoms with E-state index < -0.39 is 16.5 Å². The number of hydrogen-bond acceptors (Lipinski definition) is 5. The van der Waals surface area contributed by atoms with Crippen LogP contribution in [0.25, 0.3) is 0 Å². The lowest BCUT2D eigenvalue weighted by Gasteiger charge is -2.21. The molecule has 2 aliphatic rings. The minimum atomic E-state index is -0.734. The SMILES string of the molecule is CC1C2C=C([N+](=O)[O-])C(C(=O)c3cc(F)ccc3Cl)=C(Br)C2=NN1C. The number of allylic oxidation sites excluding steroid dienone is 2. The Morgan fingerprint density at radius 1 is 1.48 bits per heavy atom. The van der Waals surface area contributed by atoms with Crippen LogP contribution in [0, 0.1) is 21.8 Å². The van der Waals surface area contributed by atoms with Gasteiger partial charge in [-0.05, 0) is 41.1 Å².